The Hall–Kier alpha value is -3.37. The zero-order valence-electron chi connectivity index (χ0n) is 14.3. The van der Waals surface area contributed by atoms with Gasteiger partial charge in [-0.2, -0.15) is 0 Å². The summed E-state index contributed by atoms with van der Waals surface area (Å²) >= 11 is 1.79. The summed E-state index contributed by atoms with van der Waals surface area (Å²) in [6, 6.07) is 25.2. The van der Waals surface area contributed by atoms with Gasteiger partial charge < -0.3 is 9.40 Å². The first-order valence-electron chi connectivity index (χ1n) is 8.80. The van der Waals surface area contributed by atoms with Gasteiger partial charge >= 0.3 is 0 Å². The van der Waals surface area contributed by atoms with Crippen molar-refractivity contribution in [3.05, 3.63) is 79.1 Å². The van der Waals surface area contributed by atoms with Crippen LogP contribution in [0, 0.1) is 0 Å². The molecule has 128 valence electrons. The lowest BCUT2D eigenvalue weighted by atomic mass is 10.1. The van der Waals surface area contributed by atoms with Gasteiger partial charge in [0, 0.05) is 20.5 Å². The van der Waals surface area contributed by atoms with Crippen LogP contribution in [-0.2, 0) is 0 Å². The predicted molar refractivity (Wildman–Crippen MR) is 112 cm³/mol. The van der Waals surface area contributed by atoms with E-state index in [0.717, 1.165) is 33.4 Å². The van der Waals surface area contributed by atoms with E-state index in [4.69, 9.17) is 9.40 Å². The first kappa shape index (κ1) is 14.8. The Morgan fingerprint density at radius 1 is 0.815 bits per heavy atom. The Balaban J connectivity index is 1.46. The summed E-state index contributed by atoms with van der Waals surface area (Å²) in [6.07, 6.45) is 1.74. The average molecular weight is 366 g/mol. The maximum Gasteiger partial charge on any atom is 0.138 e. The first-order chi connectivity index (χ1) is 13.3. The molecule has 1 N–H and O–H groups in total. The van der Waals surface area contributed by atoms with Crippen LogP contribution in [0.2, 0.25) is 0 Å². The second kappa shape index (κ2) is 5.56. The van der Waals surface area contributed by atoms with Crippen LogP contribution in [0.25, 0.3) is 53.9 Å². The number of imidazole rings is 1. The molecule has 3 aromatic heterocycles. The monoisotopic (exact) mass is 366 g/mol. The van der Waals surface area contributed by atoms with Crippen LogP contribution in [-0.4, -0.2) is 9.97 Å². The van der Waals surface area contributed by atoms with E-state index in [-0.39, 0.29) is 0 Å². The quantitative estimate of drug-likeness (QED) is 0.364. The Kier molecular flexibility index (Phi) is 3.04. The SMILES string of the molecule is c1ccc2[nH]c(-c3ccc4cc(-c5ccc6ccoc6c5)sc4c3)nc2c1. The van der Waals surface area contributed by atoms with Crippen LogP contribution in [0.5, 0.6) is 0 Å². The number of thiophene rings is 1. The molecular formula is C23H14N2OS. The van der Waals surface area contributed by atoms with Gasteiger partial charge in [-0.05, 0) is 47.3 Å². The van der Waals surface area contributed by atoms with Crippen LogP contribution in [0.1, 0.15) is 0 Å². The molecule has 0 atom stereocenters. The van der Waals surface area contributed by atoms with Gasteiger partial charge in [-0.3, -0.25) is 0 Å². The largest absolute Gasteiger partial charge is 0.464 e. The molecule has 0 fully saturated rings. The molecule has 0 unspecified atom stereocenters. The molecule has 4 heteroatoms. The number of aromatic amines is 1. The fourth-order valence-corrected chi connectivity index (χ4v) is 4.62. The Morgan fingerprint density at radius 3 is 2.67 bits per heavy atom. The van der Waals surface area contributed by atoms with E-state index in [1.54, 1.807) is 17.6 Å². The number of hydrogen-bond acceptors (Lipinski definition) is 3. The number of furan rings is 1. The summed E-state index contributed by atoms with van der Waals surface area (Å²) in [4.78, 5) is 9.37. The Morgan fingerprint density at radius 2 is 1.70 bits per heavy atom. The van der Waals surface area contributed by atoms with Crippen molar-refractivity contribution in [1.29, 1.82) is 0 Å². The van der Waals surface area contributed by atoms with Crippen LogP contribution in [0.4, 0.5) is 0 Å². The molecule has 27 heavy (non-hydrogen) atoms. The van der Waals surface area contributed by atoms with Gasteiger partial charge in [-0.25, -0.2) is 4.98 Å². The maximum atomic E-state index is 5.55. The highest BCUT2D eigenvalue weighted by Gasteiger charge is 2.10. The Bertz CT molecular complexity index is 1400. The van der Waals surface area contributed by atoms with Crippen LogP contribution < -0.4 is 0 Å². The zero-order chi connectivity index (χ0) is 17.8. The normalized spacial score (nSPS) is 11.7. The Labute approximate surface area is 158 Å². The number of fused-ring (bicyclic) bond motifs is 3. The summed E-state index contributed by atoms with van der Waals surface area (Å²) in [5.41, 5.74) is 5.27. The van der Waals surface area contributed by atoms with Crippen molar-refractivity contribution >= 4 is 43.4 Å². The number of H-pyrrole nitrogens is 1. The minimum atomic E-state index is 0.907. The van der Waals surface area contributed by atoms with Crippen molar-refractivity contribution in [3.8, 4) is 21.8 Å². The predicted octanol–water partition coefficient (Wildman–Crippen LogP) is 6.86. The lowest BCUT2D eigenvalue weighted by Gasteiger charge is -1.96. The molecule has 6 rings (SSSR count). The first-order valence-corrected chi connectivity index (χ1v) is 9.61. The highest BCUT2D eigenvalue weighted by atomic mass is 32.1. The van der Waals surface area contributed by atoms with E-state index in [2.05, 4.69) is 53.5 Å². The lowest BCUT2D eigenvalue weighted by Crippen LogP contribution is -1.78. The number of nitrogens with zero attached hydrogens (tertiary/aromatic N) is 1. The van der Waals surface area contributed by atoms with Crippen molar-refractivity contribution in [1.82, 2.24) is 9.97 Å². The summed E-state index contributed by atoms with van der Waals surface area (Å²) in [6.45, 7) is 0. The third kappa shape index (κ3) is 2.38. The minimum absolute atomic E-state index is 0.907. The number of rotatable bonds is 2. The van der Waals surface area contributed by atoms with Gasteiger partial charge in [-0.15, -0.1) is 11.3 Å². The molecule has 0 spiro atoms. The standard InChI is InChI=1S/C23H14N2OS/c1-2-4-19-18(3-1)24-23(25-19)17-8-7-16-12-21(27-22(16)13-17)15-6-5-14-9-10-26-20(14)11-15/h1-13H,(H,24,25). The molecule has 3 nitrogen and oxygen atoms in total. The van der Waals surface area contributed by atoms with E-state index >= 15 is 0 Å². The molecule has 0 bridgehead atoms. The number of benzene rings is 3. The summed E-state index contributed by atoms with van der Waals surface area (Å²) in [5, 5.41) is 2.38. The highest BCUT2D eigenvalue weighted by molar-refractivity contribution is 7.22. The molecule has 0 amide bonds. The highest BCUT2D eigenvalue weighted by Crippen LogP contribution is 2.36. The molecule has 3 aromatic carbocycles. The number of para-hydroxylation sites is 2. The summed E-state index contributed by atoms with van der Waals surface area (Å²) in [7, 11) is 0. The van der Waals surface area contributed by atoms with Crippen molar-refractivity contribution < 1.29 is 4.42 Å². The summed E-state index contributed by atoms with van der Waals surface area (Å²) in [5.74, 6) is 0.907. The molecule has 3 heterocycles. The topological polar surface area (TPSA) is 41.8 Å². The fraction of sp³-hybridized carbons (Fsp3) is 0. The zero-order valence-corrected chi connectivity index (χ0v) is 15.1. The van der Waals surface area contributed by atoms with Gasteiger partial charge in [0.2, 0.25) is 0 Å². The summed E-state index contributed by atoms with van der Waals surface area (Å²) < 4.78 is 6.80. The van der Waals surface area contributed by atoms with E-state index in [1.165, 1.54) is 20.5 Å². The van der Waals surface area contributed by atoms with Crippen LogP contribution in [0.15, 0.2) is 83.5 Å². The van der Waals surface area contributed by atoms with Gasteiger partial charge in [-0.1, -0.05) is 36.4 Å². The second-order valence-corrected chi connectivity index (χ2v) is 7.72. The number of aromatic nitrogens is 2. The molecule has 0 aliphatic carbocycles. The van der Waals surface area contributed by atoms with Crippen molar-refractivity contribution in [3.63, 3.8) is 0 Å². The fourth-order valence-electron chi connectivity index (χ4n) is 3.52. The van der Waals surface area contributed by atoms with E-state index in [9.17, 15) is 0 Å². The minimum Gasteiger partial charge on any atom is -0.464 e. The molecule has 0 saturated carbocycles. The van der Waals surface area contributed by atoms with E-state index < -0.39 is 0 Å². The maximum absolute atomic E-state index is 5.55. The second-order valence-electron chi connectivity index (χ2n) is 6.64. The van der Waals surface area contributed by atoms with Crippen molar-refractivity contribution in [2.45, 2.75) is 0 Å². The molecule has 0 radical (unpaired) electrons. The van der Waals surface area contributed by atoms with E-state index in [1.807, 2.05) is 24.3 Å². The lowest BCUT2D eigenvalue weighted by molar-refractivity contribution is 0.616. The third-order valence-corrected chi connectivity index (χ3v) is 6.07. The molecule has 0 aliphatic rings. The van der Waals surface area contributed by atoms with Crippen molar-refractivity contribution in [2.75, 3.05) is 0 Å². The van der Waals surface area contributed by atoms with Crippen LogP contribution in [0.3, 0.4) is 0 Å². The van der Waals surface area contributed by atoms with E-state index in [0.29, 0.717) is 0 Å². The van der Waals surface area contributed by atoms with Crippen LogP contribution >= 0.6 is 11.3 Å². The van der Waals surface area contributed by atoms with Gasteiger partial charge in [0.25, 0.3) is 0 Å². The van der Waals surface area contributed by atoms with Gasteiger partial charge in [0.1, 0.15) is 11.4 Å². The molecular weight excluding hydrogens is 352 g/mol. The van der Waals surface area contributed by atoms with Gasteiger partial charge in [0.15, 0.2) is 0 Å². The van der Waals surface area contributed by atoms with Crippen molar-refractivity contribution in [2.24, 2.45) is 0 Å². The molecule has 0 saturated heterocycles. The molecule has 6 aromatic rings. The number of nitrogens with one attached hydrogen (secondary N) is 1. The van der Waals surface area contributed by atoms with Gasteiger partial charge in [0.05, 0.1) is 17.3 Å². The smallest absolute Gasteiger partial charge is 0.138 e. The number of hydrogen-bond donors (Lipinski definition) is 1. The molecule has 0 aliphatic heterocycles. The third-order valence-electron chi connectivity index (χ3n) is 4.92. The average Bonchev–Trinajstić information content (AvgIpc) is 3.42.